The average molecular weight is 281 g/mol. The summed E-state index contributed by atoms with van der Waals surface area (Å²) in [6, 6.07) is 13.2. The number of rotatable bonds is 2. The van der Waals surface area contributed by atoms with Crippen LogP contribution in [0, 0.1) is 19.7 Å². The van der Waals surface area contributed by atoms with E-state index in [1.54, 1.807) is 19.1 Å². The molecule has 3 rings (SSSR count). The molecule has 1 aromatic heterocycles. The van der Waals surface area contributed by atoms with E-state index in [1.807, 2.05) is 37.3 Å². The van der Waals surface area contributed by atoms with Gasteiger partial charge in [0.1, 0.15) is 5.82 Å². The molecule has 0 spiro atoms. The molecule has 0 saturated carbocycles. The van der Waals surface area contributed by atoms with Gasteiger partial charge >= 0.3 is 0 Å². The number of hydrogen-bond donors (Lipinski definition) is 2. The van der Waals surface area contributed by atoms with Gasteiger partial charge < -0.3 is 5.73 Å². The van der Waals surface area contributed by atoms with E-state index in [4.69, 9.17) is 5.73 Å². The van der Waals surface area contributed by atoms with Gasteiger partial charge in [-0.05, 0) is 31.0 Å². The Morgan fingerprint density at radius 3 is 2.48 bits per heavy atom. The van der Waals surface area contributed by atoms with E-state index >= 15 is 0 Å². The number of nitrogens with two attached hydrogens (primary N) is 1. The maximum atomic E-state index is 14.4. The molecule has 0 aliphatic rings. The number of aromatic amines is 1. The number of hydrogen-bond acceptors (Lipinski definition) is 2. The van der Waals surface area contributed by atoms with Gasteiger partial charge in [0.2, 0.25) is 0 Å². The fourth-order valence-corrected chi connectivity index (χ4v) is 2.40. The van der Waals surface area contributed by atoms with Gasteiger partial charge in [-0.25, -0.2) is 4.39 Å². The fourth-order valence-electron chi connectivity index (χ4n) is 2.40. The number of nitrogen functional groups attached to an aromatic ring is 1. The number of aromatic nitrogens is 2. The van der Waals surface area contributed by atoms with Crippen LogP contribution in [0.4, 0.5) is 10.2 Å². The standard InChI is InChI=1S/C17H16FN3/c1-10-6-8-12(9-7-10)14-16(20-21-17(14)19)13-5-3-4-11(2)15(13)18/h3-9H,1-2H3,(H3,19,20,21). The van der Waals surface area contributed by atoms with Crippen LogP contribution in [-0.2, 0) is 0 Å². The Hall–Kier alpha value is -2.62. The Bertz CT molecular complexity index is 788. The SMILES string of the molecule is Cc1ccc(-c2c(N)n[nH]c2-c2cccc(C)c2F)cc1. The molecule has 3 nitrogen and oxygen atoms in total. The lowest BCUT2D eigenvalue weighted by molar-refractivity contribution is 0.621. The highest BCUT2D eigenvalue weighted by Gasteiger charge is 2.18. The van der Waals surface area contributed by atoms with Crippen molar-refractivity contribution in [2.24, 2.45) is 0 Å². The van der Waals surface area contributed by atoms with Crippen LogP contribution in [-0.4, -0.2) is 10.2 Å². The van der Waals surface area contributed by atoms with E-state index in [1.165, 1.54) is 0 Å². The second-order valence-corrected chi connectivity index (χ2v) is 5.16. The monoisotopic (exact) mass is 281 g/mol. The number of aryl methyl sites for hydroxylation is 2. The second-order valence-electron chi connectivity index (χ2n) is 5.16. The normalized spacial score (nSPS) is 10.8. The van der Waals surface area contributed by atoms with Crippen molar-refractivity contribution in [2.45, 2.75) is 13.8 Å². The molecule has 0 atom stereocenters. The van der Waals surface area contributed by atoms with Crippen molar-refractivity contribution in [1.82, 2.24) is 10.2 Å². The first kappa shape index (κ1) is 13.4. The maximum Gasteiger partial charge on any atom is 0.153 e. The zero-order valence-electron chi connectivity index (χ0n) is 11.9. The number of benzene rings is 2. The Morgan fingerprint density at radius 1 is 1.05 bits per heavy atom. The van der Waals surface area contributed by atoms with Crippen molar-refractivity contribution in [1.29, 1.82) is 0 Å². The number of anilines is 1. The zero-order valence-corrected chi connectivity index (χ0v) is 11.9. The van der Waals surface area contributed by atoms with Crippen LogP contribution in [0.2, 0.25) is 0 Å². The largest absolute Gasteiger partial charge is 0.382 e. The molecule has 4 heteroatoms. The molecule has 0 aliphatic carbocycles. The van der Waals surface area contributed by atoms with Gasteiger partial charge in [-0.1, -0.05) is 42.0 Å². The molecule has 3 aromatic rings. The van der Waals surface area contributed by atoms with Gasteiger partial charge in [0.25, 0.3) is 0 Å². The first-order valence-corrected chi connectivity index (χ1v) is 6.74. The van der Waals surface area contributed by atoms with Crippen molar-refractivity contribution in [2.75, 3.05) is 5.73 Å². The molecule has 0 aliphatic heterocycles. The van der Waals surface area contributed by atoms with Crippen molar-refractivity contribution >= 4 is 5.82 Å². The lowest BCUT2D eigenvalue weighted by Crippen LogP contribution is -1.92. The Labute approximate surface area is 122 Å². The van der Waals surface area contributed by atoms with Gasteiger partial charge in [-0.15, -0.1) is 0 Å². The van der Waals surface area contributed by atoms with Gasteiger partial charge in [0.15, 0.2) is 5.82 Å². The van der Waals surface area contributed by atoms with Crippen molar-refractivity contribution in [3.63, 3.8) is 0 Å². The van der Waals surface area contributed by atoms with Crippen molar-refractivity contribution in [3.05, 3.63) is 59.4 Å². The van der Waals surface area contributed by atoms with E-state index in [0.29, 0.717) is 22.6 Å². The summed E-state index contributed by atoms with van der Waals surface area (Å²) >= 11 is 0. The highest BCUT2D eigenvalue weighted by atomic mass is 19.1. The number of H-pyrrole nitrogens is 1. The lowest BCUT2D eigenvalue weighted by atomic mass is 9.98. The Morgan fingerprint density at radius 2 is 1.76 bits per heavy atom. The third kappa shape index (κ3) is 2.29. The van der Waals surface area contributed by atoms with Crippen molar-refractivity contribution < 1.29 is 4.39 Å². The van der Waals surface area contributed by atoms with Crippen LogP contribution < -0.4 is 5.73 Å². The van der Waals surface area contributed by atoms with E-state index in [2.05, 4.69) is 10.2 Å². The zero-order chi connectivity index (χ0) is 15.0. The molecular weight excluding hydrogens is 265 g/mol. The van der Waals surface area contributed by atoms with Gasteiger partial charge in [0, 0.05) is 5.56 Å². The first-order chi connectivity index (χ1) is 10.1. The van der Waals surface area contributed by atoms with Crippen LogP contribution in [0.3, 0.4) is 0 Å². The topological polar surface area (TPSA) is 54.7 Å². The number of halogens is 1. The molecule has 0 radical (unpaired) electrons. The van der Waals surface area contributed by atoms with E-state index < -0.39 is 0 Å². The lowest BCUT2D eigenvalue weighted by Gasteiger charge is -2.07. The Kier molecular flexibility index (Phi) is 3.22. The molecule has 1 heterocycles. The highest BCUT2D eigenvalue weighted by molar-refractivity contribution is 5.88. The third-order valence-electron chi connectivity index (χ3n) is 3.60. The summed E-state index contributed by atoms with van der Waals surface area (Å²) in [7, 11) is 0. The molecule has 21 heavy (non-hydrogen) atoms. The van der Waals surface area contributed by atoms with Crippen molar-refractivity contribution in [3.8, 4) is 22.4 Å². The number of nitrogens with one attached hydrogen (secondary N) is 1. The second kappa shape index (κ2) is 5.05. The summed E-state index contributed by atoms with van der Waals surface area (Å²) in [5.41, 5.74) is 10.5. The predicted molar refractivity (Wildman–Crippen MR) is 83.3 cm³/mol. The van der Waals surface area contributed by atoms with Crippen LogP contribution in [0.25, 0.3) is 22.4 Å². The van der Waals surface area contributed by atoms with Crippen LogP contribution in [0.5, 0.6) is 0 Å². The minimum Gasteiger partial charge on any atom is -0.382 e. The summed E-state index contributed by atoms with van der Waals surface area (Å²) in [6.07, 6.45) is 0. The summed E-state index contributed by atoms with van der Waals surface area (Å²) < 4.78 is 14.4. The first-order valence-electron chi connectivity index (χ1n) is 6.74. The molecule has 0 unspecified atom stereocenters. The fraction of sp³-hybridized carbons (Fsp3) is 0.118. The molecule has 0 saturated heterocycles. The number of nitrogens with zero attached hydrogens (tertiary/aromatic N) is 1. The predicted octanol–water partition coefficient (Wildman–Crippen LogP) is 4.08. The summed E-state index contributed by atoms with van der Waals surface area (Å²) in [5, 5.41) is 6.91. The summed E-state index contributed by atoms with van der Waals surface area (Å²) in [5.74, 6) is 0.115. The minimum absolute atomic E-state index is 0.255. The quantitative estimate of drug-likeness (QED) is 0.743. The molecule has 0 bridgehead atoms. The van der Waals surface area contributed by atoms with Crippen LogP contribution in [0.1, 0.15) is 11.1 Å². The van der Waals surface area contributed by atoms with E-state index in [0.717, 1.165) is 16.7 Å². The molecule has 0 amide bonds. The van der Waals surface area contributed by atoms with E-state index in [9.17, 15) is 4.39 Å². The van der Waals surface area contributed by atoms with Crippen LogP contribution in [0.15, 0.2) is 42.5 Å². The molecule has 106 valence electrons. The summed E-state index contributed by atoms with van der Waals surface area (Å²) in [4.78, 5) is 0. The molecule has 2 aromatic carbocycles. The highest BCUT2D eigenvalue weighted by Crippen LogP contribution is 2.36. The summed E-state index contributed by atoms with van der Waals surface area (Å²) in [6.45, 7) is 3.76. The molecule has 3 N–H and O–H groups in total. The maximum absolute atomic E-state index is 14.4. The molecule has 0 fully saturated rings. The van der Waals surface area contributed by atoms with Gasteiger partial charge in [-0.2, -0.15) is 5.10 Å². The minimum atomic E-state index is -0.255. The molecular formula is C17H16FN3. The average Bonchev–Trinajstić information content (AvgIpc) is 2.85. The third-order valence-corrected chi connectivity index (χ3v) is 3.60. The Balaban J connectivity index is 2.22. The van der Waals surface area contributed by atoms with E-state index in [-0.39, 0.29) is 5.82 Å². The van der Waals surface area contributed by atoms with Gasteiger partial charge in [0.05, 0.1) is 11.3 Å². The van der Waals surface area contributed by atoms with Crippen LogP contribution >= 0.6 is 0 Å². The smallest absolute Gasteiger partial charge is 0.153 e. The van der Waals surface area contributed by atoms with Gasteiger partial charge in [-0.3, -0.25) is 5.10 Å².